The summed E-state index contributed by atoms with van der Waals surface area (Å²) in [5.41, 5.74) is 2.43. The van der Waals surface area contributed by atoms with E-state index in [1.807, 2.05) is 0 Å². The first-order valence-corrected chi connectivity index (χ1v) is 6.27. The fourth-order valence-electron chi connectivity index (χ4n) is 1.52. The van der Waals surface area contributed by atoms with Crippen molar-refractivity contribution in [3.8, 4) is 0 Å². The normalized spacial score (nSPS) is 10.9. The van der Waals surface area contributed by atoms with Gasteiger partial charge in [0.15, 0.2) is 5.13 Å². The number of benzene rings is 1. The number of nitrogens with one attached hydrogen (secondary N) is 1. The molecule has 1 N–H and O–H groups in total. The molecule has 16 heavy (non-hydrogen) atoms. The van der Waals surface area contributed by atoms with Crippen molar-refractivity contribution in [2.75, 3.05) is 25.6 Å². The quantitative estimate of drug-likeness (QED) is 0.810. The van der Waals surface area contributed by atoms with Gasteiger partial charge in [-0.1, -0.05) is 24.3 Å². The van der Waals surface area contributed by atoms with Crippen LogP contribution in [0.2, 0.25) is 0 Å². The summed E-state index contributed by atoms with van der Waals surface area (Å²) in [6.45, 7) is 3.67. The molecule has 0 unspecified atom stereocenters. The Morgan fingerprint density at radius 2 is 2.31 bits per heavy atom. The SMILES string of the molecule is CCc1ccc2nc(NCCOC)sc2c1. The van der Waals surface area contributed by atoms with Crippen molar-refractivity contribution in [1.82, 2.24) is 4.98 Å². The predicted molar refractivity (Wildman–Crippen MR) is 69.4 cm³/mol. The summed E-state index contributed by atoms with van der Waals surface area (Å²) in [6, 6.07) is 6.45. The third kappa shape index (κ3) is 2.51. The highest BCUT2D eigenvalue weighted by molar-refractivity contribution is 7.22. The first-order chi connectivity index (χ1) is 7.83. The Morgan fingerprint density at radius 3 is 3.06 bits per heavy atom. The van der Waals surface area contributed by atoms with Crippen LogP contribution >= 0.6 is 11.3 Å². The average molecular weight is 236 g/mol. The molecule has 2 rings (SSSR count). The van der Waals surface area contributed by atoms with Crippen molar-refractivity contribution in [3.05, 3.63) is 23.8 Å². The fraction of sp³-hybridized carbons (Fsp3) is 0.417. The molecule has 0 saturated carbocycles. The minimum atomic E-state index is 0.704. The van der Waals surface area contributed by atoms with Crippen molar-refractivity contribution >= 4 is 26.7 Å². The zero-order valence-corrected chi connectivity index (χ0v) is 10.4. The molecule has 86 valence electrons. The Hall–Kier alpha value is -1.13. The molecule has 0 aliphatic rings. The van der Waals surface area contributed by atoms with E-state index in [0.29, 0.717) is 6.61 Å². The standard InChI is InChI=1S/C12H16N2OS/c1-3-9-4-5-10-11(8-9)16-12(14-10)13-6-7-15-2/h4-5,8H,3,6-7H2,1-2H3,(H,13,14). The molecule has 0 saturated heterocycles. The number of methoxy groups -OCH3 is 1. The van der Waals surface area contributed by atoms with Crippen LogP contribution in [-0.4, -0.2) is 25.2 Å². The first kappa shape index (κ1) is 11.4. The second-order valence-electron chi connectivity index (χ2n) is 3.59. The van der Waals surface area contributed by atoms with E-state index < -0.39 is 0 Å². The highest BCUT2D eigenvalue weighted by Crippen LogP contribution is 2.26. The van der Waals surface area contributed by atoms with Gasteiger partial charge in [-0.05, 0) is 24.1 Å². The molecule has 0 atom stereocenters. The van der Waals surface area contributed by atoms with Gasteiger partial charge >= 0.3 is 0 Å². The Balaban J connectivity index is 2.16. The molecule has 1 heterocycles. The van der Waals surface area contributed by atoms with E-state index in [9.17, 15) is 0 Å². The van der Waals surface area contributed by atoms with Gasteiger partial charge in [0.1, 0.15) is 0 Å². The van der Waals surface area contributed by atoms with Crippen molar-refractivity contribution in [2.24, 2.45) is 0 Å². The molecule has 0 bridgehead atoms. The zero-order valence-electron chi connectivity index (χ0n) is 9.62. The molecule has 1 aromatic heterocycles. The summed E-state index contributed by atoms with van der Waals surface area (Å²) >= 11 is 1.70. The summed E-state index contributed by atoms with van der Waals surface area (Å²) in [5.74, 6) is 0. The van der Waals surface area contributed by atoms with Crippen molar-refractivity contribution in [2.45, 2.75) is 13.3 Å². The second-order valence-corrected chi connectivity index (χ2v) is 4.62. The van der Waals surface area contributed by atoms with E-state index in [0.717, 1.165) is 23.6 Å². The Bertz CT molecular complexity index is 467. The van der Waals surface area contributed by atoms with Gasteiger partial charge < -0.3 is 10.1 Å². The van der Waals surface area contributed by atoms with Crippen LogP contribution in [0.15, 0.2) is 18.2 Å². The summed E-state index contributed by atoms with van der Waals surface area (Å²) in [4.78, 5) is 4.51. The number of thiazole rings is 1. The third-order valence-electron chi connectivity index (χ3n) is 2.44. The van der Waals surface area contributed by atoms with Crippen LogP contribution in [-0.2, 0) is 11.2 Å². The van der Waals surface area contributed by atoms with Gasteiger partial charge in [0, 0.05) is 13.7 Å². The molecule has 0 fully saturated rings. The lowest BCUT2D eigenvalue weighted by atomic mass is 10.2. The monoisotopic (exact) mass is 236 g/mol. The number of nitrogens with zero attached hydrogens (tertiary/aromatic N) is 1. The molecule has 3 nitrogen and oxygen atoms in total. The van der Waals surface area contributed by atoms with Crippen molar-refractivity contribution in [3.63, 3.8) is 0 Å². The number of anilines is 1. The Kier molecular flexibility index (Phi) is 3.74. The lowest BCUT2D eigenvalue weighted by Gasteiger charge is -1.99. The van der Waals surface area contributed by atoms with Crippen LogP contribution in [0.3, 0.4) is 0 Å². The molecule has 2 aromatic rings. The van der Waals surface area contributed by atoms with E-state index in [1.54, 1.807) is 18.4 Å². The Labute approximate surface area is 99.5 Å². The second kappa shape index (κ2) is 5.27. The van der Waals surface area contributed by atoms with E-state index in [-0.39, 0.29) is 0 Å². The van der Waals surface area contributed by atoms with Gasteiger partial charge in [0.2, 0.25) is 0 Å². The van der Waals surface area contributed by atoms with Gasteiger partial charge in [-0.15, -0.1) is 0 Å². The van der Waals surface area contributed by atoms with Gasteiger partial charge in [0.05, 0.1) is 16.8 Å². The smallest absolute Gasteiger partial charge is 0.183 e. The maximum absolute atomic E-state index is 4.99. The minimum Gasteiger partial charge on any atom is -0.383 e. The van der Waals surface area contributed by atoms with Crippen LogP contribution in [0.25, 0.3) is 10.2 Å². The van der Waals surface area contributed by atoms with Gasteiger partial charge in [0.25, 0.3) is 0 Å². The van der Waals surface area contributed by atoms with Crippen LogP contribution in [0.4, 0.5) is 5.13 Å². The third-order valence-corrected chi connectivity index (χ3v) is 3.42. The molecule has 1 aromatic carbocycles. The summed E-state index contributed by atoms with van der Waals surface area (Å²) in [5, 5.41) is 4.23. The predicted octanol–water partition coefficient (Wildman–Crippen LogP) is 2.92. The minimum absolute atomic E-state index is 0.704. The van der Waals surface area contributed by atoms with Crippen LogP contribution in [0.5, 0.6) is 0 Å². The maximum atomic E-state index is 4.99. The van der Waals surface area contributed by atoms with Gasteiger partial charge in [-0.3, -0.25) is 0 Å². The molecule has 4 heteroatoms. The van der Waals surface area contributed by atoms with Crippen LogP contribution in [0.1, 0.15) is 12.5 Å². The lowest BCUT2D eigenvalue weighted by Crippen LogP contribution is -2.06. The lowest BCUT2D eigenvalue weighted by molar-refractivity contribution is 0.211. The van der Waals surface area contributed by atoms with Gasteiger partial charge in [-0.2, -0.15) is 0 Å². The molecule has 0 spiro atoms. The topological polar surface area (TPSA) is 34.2 Å². The molecule has 0 amide bonds. The number of fused-ring (bicyclic) bond motifs is 1. The number of aryl methyl sites for hydroxylation is 1. The molecule has 0 radical (unpaired) electrons. The van der Waals surface area contributed by atoms with Crippen LogP contribution in [0, 0.1) is 0 Å². The zero-order chi connectivity index (χ0) is 11.4. The van der Waals surface area contributed by atoms with E-state index >= 15 is 0 Å². The fourth-order valence-corrected chi connectivity index (χ4v) is 2.48. The van der Waals surface area contributed by atoms with Crippen molar-refractivity contribution < 1.29 is 4.74 Å². The average Bonchev–Trinajstić information content (AvgIpc) is 2.70. The van der Waals surface area contributed by atoms with Crippen molar-refractivity contribution in [1.29, 1.82) is 0 Å². The summed E-state index contributed by atoms with van der Waals surface area (Å²) < 4.78 is 6.24. The molecule has 0 aliphatic carbocycles. The number of rotatable bonds is 5. The highest BCUT2D eigenvalue weighted by atomic mass is 32.1. The molecular formula is C12H16N2OS. The first-order valence-electron chi connectivity index (χ1n) is 5.45. The maximum Gasteiger partial charge on any atom is 0.183 e. The van der Waals surface area contributed by atoms with Crippen LogP contribution < -0.4 is 5.32 Å². The highest BCUT2D eigenvalue weighted by Gasteiger charge is 2.03. The molecular weight excluding hydrogens is 220 g/mol. The number of aromatic nitrogens is 1. The number of hydrogen-bond acceptors (Lipinski definition) is 4. The summed E-state index contributed by atoms with van der Waals surface area (Å²) in [6.07, 6.45) is 1.07. The summed E-state index contributed by atoms with van der Waals surface area (Å²) in [7, 11) is 1.70. The number of hydrogen-bond donors (Lipinski definition) is 1. The Morgan fingerprint density at radius 1 is 1.44 bits per heavy atom. The van der Waals surface area contributed by atoms with E-state index in [2.05, 4.69) is 35.4 Å². The largest absolute Gasteiger partial charge is 0.383 e. The van der Waals surface area contributed by atoms with E-state index in [1.165, 1.54) is 10.3 Å². The van der Waals surface area contributed by atoms with Gasteiger partial charge in [-0.25, -0.2) is 4.98 Å². The number of ether oxygens (including phenoxy) is 1. The molecule has 0 aliphatic heterocycles. The van der Waals surface area contributed by atoms with E-state index in [4.69, 9.17) is 4.74 Å².